The minimum absolute atomic E-state index is 0.144. The molecule has 27 heavy (non-hydrogen) atoms. The molecular weight excluding hydrogens is 366 g/mol. The van der Waals surface area contributed by atoms with Crippen molar-refractivity contribution in [2.24, 2.45) is 0 Å². The number of hydrogen-bond acceptors (Lipinski definition) is 5. The van der Waals surface area contributed by atoms with Crippen LogP contribution in [0.2, 0.25) is 0 Å². The molecule has 1 unspecified atom stereocenters. The van der Waals surface area contributed by atoms with E-state index >= 15 is 0 Å². The Kier molecular flexibility index (Phi) is 6.10. The summed E-state index contributed by atoms with van der Waals surface area (Å²) in [5.41, 5.74) is 0.958. The fraction of sp³-hybridized carbons (Fsp3) is 0.316. The maximum absolute atomic E-state index is 13.1. The monoisotopic (exact) mass is 389 g/mol. The molecule has 1 atom stereocenters. The van der Waals surface area contributed by atoms with Crippen molar-refractivity contribution >= 4 is 15.9 Å². The van der Waals surface area contributed by atoms with Crippen LogP contribution in [0.1, 0.15) is 5.56 Å². The Balaban J connectivity index is 1.76. The van der Waals surface area contributed by atoms with Crippen molar-refractivity contribution in [3.63, 3.8) is 0 Å². The average molecular weight is 389 g/mol. The van der Waals surface area contributed by atoms with Gasteiger partial charge in [0.05, 0.1) is 12.0 Å². The number of carbonyl (C=O) groups excluding carboxylic acids is 1. The lowest BCUT2D eigenvalue weighted by atomic mass is 10.2. The van der Waals surface area contributed by atoms with Crippen molar-refractivity contribution in [1.82, 2.24) is 14.9 Å². The quantitative estimate of drug-likeness (QED) is 0.769. The fourth-order valence-corrected chi connectivity index (χ4v) is 4.57. The zero-order valence-electron chi connectivity index (χ0n) is 15.1. The normalized spacial score (nSPS) is 18.0. The van der Waals surface area contributed by atoms with Crippen LogP contribution in [0, 0.1) is 0 Å². The van der Waals surface area contributed by atoms with E-state index in [2.05, 4.69) is 10.6 Å². The number of ether oxygens (including phenoxy) is 1. The van der Waals surface area contributed by atoms with Crippen LogP contribution in [-0.4, -0.2) is 51.4 Å². The van der Waals surface area contributed by atoms with Gasteiger partial charge in [-0.3, -0.25) is 4.79 Å². The summed E-state index contributed by atoms with van der Waals surface area (Å²) in [7, 11) is -2.27. The third-order valence-corrected chi connectivity index (χ3v) is 6.39. The van der Waals surface area contributed by atoms with Crippen LogP contribution in [-0.2, 0) is 21.4 Å². The minimum Gasteiger partial charge on any atom is -0.497 e. The number of methoxy groups -OCH3 is 1. The first kappa shape index (κ1) is 19.3. The molecule has 7 nitrogen and oxygen atoms in total. The summed E-state index contributed by atoms with van der Waals surface area (Å²) in [6.45, 7) is 1.36. The summed E-state index contributed by atoms with van der Waals surface area (Å²) in [5.74, 6) is 0.259. The molecule has 1 saturated heterocycles. The van der Waals surface area contributed by atoms with Crippen molar-refractivity contribution in [3.8, 4) is 5.75 Å². The van der Waals surface area contributed by atoms with Gasteiger partial charge in [-0.2, -0.15) is 4.31 Å². The standard InChI is InChI=1S/C19H23N3O4S/c1-26-16-7-9-17(10-8-16)27(24,25)22-12-11-20-14-18(22)19(23)21-13-15-5-3-2-4-6-15/h2-10,18,20H,11-14H2,1H3,(H,21,23). The van der Waals surface area contributed by atoms with Gasteiger partial charge in [0.15, 0.2) is 0 Å². The first-order chi connectivity index (χ1) is 13.0. The molecule has 0 aromatic heterocycles. The highest BCUT2D eigenvalue weighted by Gasteiger charge is 2.37. The number of hydrogen-bond donors (Lipinski definition) is 2. The number of nitrogens with one attached hydrogen (secondary N) is 2. The highest BCUT2D eigenvalue weighted by molar-refractivity contribution is 7.89. The molecule has 144 valence electrons. The molecule has 2 N–H and O–H groups in total. The van der Waals surface area contributed by atoms with Gasteiger partial charge in [-0.25, -0.2) is 8.42 Å². The molecule has 2 aromatic carbocycles. The zero-order valence-corrected chi connectivity index (χ0v) is 15.9. The second kappa shape index (κ2) is 8.51. The van der Waals surface area contributed by atoms with Gasteiger partial charge in [0.25, 0.3) is 0 Å². The van der Waals surface area contributed by atoms with Crippen LogP contribution >= 0.6 is 0 Å². The Bertz CT molecular complexity index is 870. The lowest BCUT2D eigenvalue weighted by molar-refractivity contribution is -0.125. The predicted molar refractivity (Wildman–Crippen MR) is 102 cm³/mol. The maximum atomic E-state index is 13.1. The Hall–Kier alpha value is -2.42. The number of carbonyl (C=O) groups is 1. The first-order valence-corrected chi connectivity index (χ1v) is 10.1. The van der Waals surface area contributed by atoms with E-state index in [0.29, 0.717) is 18.8 Å². The summed E-state index contributed by atoms with van der Waals surface area (Å²) >= 11 is 0. The number of sulfonamides is 1. The van der Waals surface area contributed by atoms with Gasteiger partial charge in [-0.1, -0.05) is 30.3 Å². The van der Waals surface area contributed by atoms with Crippen molar-refractivity contribution in [2.75, 3.05) is 26.7 Å². The Morgan fingerprint density at radius 2 is 1.89 bits per heavy atom. The third kappa shape index (κ3) is 4.47. The van der Waals surface area contributed by atoms with Gasteiger partial charge in [0, 0.05) is 26.2 Å². The number of nitrogens with zero attached hydrogens (tertiary/aromatic N) is 1. The number of benzene rings is 2. The summed E-state index contributed by atoms with van der Waals surface area (Å²) in [4.78, 5) is 12.8. The number of amides is 1. The number of piperazine rings is 1. The molecule has 0 radical (unpaired) electrons. The van der Waals surface area contributed by atoms with Gasteiger partial charge in [0.1, 0.15) is 11.8 Å². The predicted octanol–water partition coefficient (Wildman–Crippen LogP) is 0.974. The van der Waals surface area contributed by atoms with E-state index in [9.17, 15) is 13.2 Å². The van der Waals surface area contributed by atoms with Crippen molar-refractivity contribution in [3.05, 3.63) is 60.2 Å². The summed E-state index contributed by atoms with van der Waals surface area (Å²) < 4.78 is 32.5. The van der Waals surface area contributed by atoms with Crippen LogP contribution in [0.3, 0.4) is 0 Å². The molecule has 1 aliphatic heterocycles. The van der Waals surface area contributed by atoms with Crippen LogP contribution in [0.25, 0.3) is 0 Å². The SMILES string of the molecule is COc1ccc(S(=O)(=O)N2CCNCC2C(=O)NCc2ccccc2)cc1. The Morgan fingerprint density at radius 1 is 1.19 bits per heavy atom. The molecule has 0 bridgehead atoms. The van der Waals surface area contributed by atoms with Crippen LogP contribution < -0.4 is 15.4 Å². The van der Waals surface area contributed by atoms with Gasteiger partial charge >= 0.3 is 0 Å². The molecule has 1 aliphatic rings. The van der Waals surface area contributed by atoms with Gasteiger partial charge in [-0.15, -0.1) is 0 Å². The van der Waals surface area contributed by atoms with E-state index in [0.717, 1.165) is 5.56 Å². The van der Waals surface area contributed by atoms with Crippen molar-refractivity contribution < 1.29 is 17.9 Å². The average Bonchev–Trinajstić information content (AvgIpc) is 2.72. The largest absolute Gasteiger partial charge is 0.497 e. The molecule has 1 heterocycles. The van der Waals surface area contributed by atoms with E-state index in [4.69, 9.17) is 4.74 Å². The highest BCUT2D eigenvalue weighted by atomic mass is 32.2. The molecule has 3 rings (SSSR count). The molecule has 0 aliphatic carbocycles. The van der Waals surface area contributed by atoms with Gasteiger partial charge in [0.2, 0.25) is 15.9 Å². The third-order valence-electron chi connectivity index (χ3n) is 4.47. The topological polar surface area (TPSA) is 87.7 Å². The Labute approximate surface area is 159 Å². The lowest BCUT2D eigenvalue weighted by Gasteiger charge is -2.34. The molecule has 0 spiro atoms. The summed E-state index contributed by atoms with van der Waals surface area (Å²) in [6.07, 6.45) is 0. The van der Waals surface area contributed by atoms with Gasteiger partial charge < -0.3 is 15.4 Å². The zero-order chi connectivity index (χ0) is 19.3. The molecule has 8 heteroatoms. The second-order valence-corrected chi connectivity index (χ2v) is 8.11. The first-order valence-electron chi connectivity index (χ1n) is 8.70. The molecule has 1 fully saturated rings. The van der Waals surface area contributed by atoms with Crippen LogP contribution in [0.4, 0.5) is 0 Å². The summed E-state index contributed by atoms with van der Waals surface area (Å²) in [5, 5.41) is 5.93. The van der Waals surface area contributed by atoms with Crippen LogP contribution in [0.15, 0.2) is 59.5 Å². The molecule has 2 aromatic rings. The highest BCUT2D eigenvalue weighted by Crippen LogP contribution is 2.22. The van der Waals surface area contributed by atoms with Crippen molar-refractivity contribution in [2.45, 2.75) is 17.5 Å². The minimum atomic E-state index is -3.79. The molecule has 1 amide bonds. The van der Waals surface area contributed by atoms with Crippen LogP contribution in [0.5, 0.6) is 5.75 Å². The van der Waals surface area contributed by atoms with Crippen molar-refractivity contribution in [1.29, 1.82) is 0 Å². The number of rotatable bonds is 6. The van der Waals surface area contributed by atoms with E-state index in [-0.39, 0.29) is 23.9 Å². The molecule has 0 saturated carbocycles. The molecular formula is C19H23N3O4S. The lowest BCUT2D eigenvalue weighted by Crippen LogP contribution is -2.59. The van der Waals surface area contributed by atoms with E-state index in [1.165, 1.54) is 23.5 Å². The second-order valence-electron chi connectivity index (χ2n) is 6.21. The van der Waals surface area contributed by atoms with Gasteiger partial charge in [-0.05, 0) is 29.8 Å². The maximum Gasteiger partial charge on any atom is 0.243 e. The van der Waals surface area contributed by atoms with E-state index in [1.807, 2.05) is 30.3 Å². The van der Waals surface area contributed by atoms with E-state index in [1.54, 1.807) is 12.1 Å². The smallest absolute Gasteiger partial charge is 0.243 e. The fourth-order valence-electron chi connectivity index (χ4n) is 2.98. The van der Waals surface area contributed by atoms with E-state index < -0.39 is 16.1 Å². The Morgan fingerprint density at radius 3 is 2.56 bits per heavy atom. The summed E-state index contributed by atoms with van der Waals surface area (Å²) in [6, 6.07) is 14.9.